The number of aryl methyl sites for hydroxylation is 2. The number of rotatable bonds is 11. The SMILES string of the molecule is CC(C)CS(=O)(=O)NC(CNC(=O)c1ccc(CCc2cc(=O)[nH]c(N)n2)cc1)C(=O)O. The van der Waals surface area contributed by atoms with E-state index >= 15 is 0 Å². The summed E-state index contributed by atoms with van der Waals surface area (Å²) in [5.41, 5.74) is 6.93. The van der Waals surface area contributed by atoms with Crippen molar-refractivity contribution >= 4 is 27.8 Å². The van der Waals surface area contributed by atoms with Gasteiger partial charge in [0.15, 0.2) is 0 Å². The van der Waals surface area contributed by atoms with E-state index in [4.69, 9.17) is 5.73 Å². The standard InChI is InChI=1S/C20H27N5O6S/c1-12(2)11-32(30,31)25-16(19(28)29)10-22-18(27)14-6-3-13(4-7-14)5-8-15-9-17(26)24-20(21)23-15/h3-4,6-7,9,12,16,25H,5,8,10-11H2,1-2H3,(H,22,27)(H,28,29)(H3,21,23,24,26). The molecule has 0 spiro atoms. The molecule has 2 rings (SSSR count). The largest absolute Gasteiger partial charge is 0.480 e. The Bertz CT molecular complexity index is 1110. The molecular weight excluding hydrogens is 438 g/mol. The maximum Gasteiger partial charge on any atom is 0.323 e. The zero-order valence-electron chi connectivity index (χ0n) is 17.8. The number of carboxylic acids is 1. The summed E-state index contributed by atoms with van der Waals surface area (Å²) in [7, 11) is -3.79. The number of nitrogen functional groups attached to an aromatic ring is 1. The number of nitrogens with two attached hydrogens (primary N) is 1. The van der Waals surface area contributed by atoms with Gasteiger partial charge in [-0.25, -0.2) is 13.4 Å². The maximum atomic E-state index is 12.3. The summed E-state index contributed by atoms with van der Waals surface area (Å²) >= 11 is 0. The molecule has 11 nitrogen and oxygen atoms in total. The maximum absolute atomic E-state index is 12.3. The van der Waals surface area contributed by atoms with Gasteiger partial charge in [-0.3, -0.25) is 19.4 Å². The van der Waals surface area contributed by atoms with Gasteiger partial charge in [0, 0.05) is 18.2 Å². The van der Waals surface area contributed by atoms with Crippen molar-refractivity contribution in [2.45, 2.75) is 32.7 Å². The van der Waals surface area contributed by atoms with Crippen molar-refractivity contribution in [3.63, 3.8) is 0 Å². The number of carbonyl (C=O) groups excluding carboxylic acids is 1. The van der Waals surface area contributed by atoms with Crippen LogP contribution in [-0.2, 0) is 27.7 Å². The van der Waals surface area contributed by atoms with Gasteiger partial charge in [-0.2, -0.15) is 4.72 Å². The number of aromatic amines is 1. The van der Waals surface area contributed by atoms with Crippen LogP contribution < -0.4 is 21.3 Å². The van der Waals surface area contributed by atoms with Crippen molar-refractivity contribution in [1.82, 2.24) is 20.0 Å². The van der Waals surface area contributed by atoms with E-state index in [0.29, 0.717) is 24.1 Å². The van der Waals surface area contributed by atoms with Gasteiger partial charge in [-0.1, -0.05) is 26.0 Å². The second kappa shape index (κ2) is 10.9. The Labute approximate surface area is 185 Å². The normalized spacial score (nSPS) is 12.5. The summed E-state index contributed by atoms with van der Waals surface area (Å²) < 4.78 is 26.1. The van der Waals surface area contributed by atoms with Crippen LogP contribution in [0.5, 0.6) is 0 Å². The molecular formula is C20H27N5O6S. The number of anilines is 1. The first kappa shape index (κ1) is 25.0. The molecule has 0 fully saturated rings. The van der Waals surface area contributed by atoms with E-state index in [1.54, 1.807) is 38.1 Å². The van der Waals surface area contributed by atoms with Crippen molar-refractivity contribution in [2.75, 3.05) is 18.0 Å². The molecule has 32 heavy (non-hydrogen) atoms. The number of hydrogen-bond donors (Lipinski definition) is 5. The van der Waals surface area contributed by atoms with Crippen LogP contribution in [0.1, 0.15) is 35.5 Å². The molecule has 12 heteroatoms. The Morgan fingerprint density at radius 3 is 2.41 bits per heavy atom. The number of aliphatic carboxylic acids is 1. The molecule has 1 amide bonds. The van der Waals surface area contributed by atoms with Gasteiger partial charge in [-0.15, -0.1) is 0 Å². The fraction of sp³-hybridized carbons (Fsp3) is 0.400. The van der Waals surface area contributed by atoms with E-state index in [2.05, 4.69) is 20.0 Å². The van der Waals surface area contributed by atoms with E-state index in [0.717, 1.165) is 5.56 Å². The zero-order chi connectivity index (χ0) is 23.9. The lowest BCUT2D eigenvalue weighted by Crippen LogP contribution is -2.49. The number of amides is 1. The van der Waals surface area contributed by atoms with Gasteiger partial charge in [-0.05, 0) is 36.5 Å². The number of H-pyrrole nitrogens is 1. The lowest BCUT2D eigenvalue weighted by atomic mass is 10.1. The van der Waals surface area contributed by atoms with Gasteiger partial charge in [0.05, 0.1) is 11.4 Å². The third-order valence-electron chi connectivity index (χ3n) is 4.34. The smallest absolute Gasteiger partial charge is 0.323 e. The molecule has 1 heterocycles. The van der Waals surface area contributed by atoms with Crippen LogP contribution in [0.15, 0.2) is 35.1 Å². The Morgan fingerprint density at radius 1 is 1.19 bits per heavy atom. The molecule has 1 atom stereocenters. The predicted octanol–water partition coefficient (Wildman–Crippen LogP) is -0.104. The molecule has 6 N–H and O–H groups in total. The second-order valence-corrected chi connectivity index (χ2v) is 9.51. The van der Waals surface area contributed by atoms with Gasteiger partial charge in [0.2, 0.25) is 16.0 Å². The average Bonchev–Trinajstić information content (AvgIpc) is 2.67. The Balaban J connectivity index is 1.93. The monoisotopic (exact) mass is 465 g/mol. The predicted molar refractivity (Wildman–Crippen MR) is 119 cm³/mol. The quantitative estimate of drug-likeness (QED) is 0.304. The van der Waals surface area contributed by atoms with Gasteiger partial charge < -0.3 is 16.2 Å². The van der Waals surface area contributed by atoms with Crippen molar-refractivity contribution in [3.05, 3.63) is 57.5 Å². The van der Waals surface area contributed by atoms with Gasteiger partial charge in [0.1, 0.15) is 6.04 Å². The first-order chi connectivity index (χ1) is 14.9. The molecule has 0 saturated carbocycles. The van der Waals surface area contributed by atoms with Crippen molar-refractivity contribution in [2.24, 2.45) is 5.92 Å². The number of aromatic nitrogens is 2. The lowest BCUT2D eigenvalue weighted by Gasteiger charge is -2.16. The summed E-state index contributed by atoms with van der Waals surface area (Å²) in [5, 5.41) is 11.7. The molecule has 0 aliphatic heterocycles. The number of carbonyl (C=O) groups is 2. The van der Waals surface area contributed by atoms with Crippen LogP contribution in [0.2, 0.25) is 0 Å². The van der Waals surface area contributed by atoms with Crippen molar-refractivity contribution < 1.29 is 23.1 Å². The van der Waals surface area contributed by atoms with Crippen molar-refractivity contribution in [1.29, 1.82) is 0 Å². The number of sulfonamides is 1. The van der Waals surface area contributed by atoms with E-state index in [-0.39, 0.29) is 23.2 Å². The van der Waals surface area contributed by atoms with Crippen molar-refractivity contribution in [3.8, 4) is 0 Å². The molecule has 0 bridgehead atoms. The highest BCUT2D eigenvalue weighted by Gasteiger charge is 2.25. The summed E-state index contributed by atoms with van der Waals surface area (Å²) in [6.45, 7) is 3.00. The molecule has 1 unspecified atom stereocenters. The highest BCUT2D eigenvalue weighted by molar-refractivity contribution is 7.89. The lowest BCUT2D eigenvalue weighted by molar-refractivity contribution is -0.138. The number of nitrogens with zero attached hydrogens (tertiary/aromatic N) is 1. The van der Waals surface area contributed by atoms with E-state index in [1.165, 1.54) is 6.07 Å². The molecule has 0 aliphatic carbocycles. The van der Waals surface area contributed by atoms with Crippen LogP contribution in [0, 0.1) is 5.92 Å². The molecule has 2 aromatic rings. The highest BCUT2D eigenvalue weighted by Crippen LogP contribution is 2.08. The zero-order valence-corrected chi connectivity index (χ0v) is 18.6. The number of benzene rings is 1. The highest BCUT2D eigenvalue weighted by atomic mass is 32.2. The third-order valence-corrected chi connectivity index (χ3v) is 6.09. The molecule has 174 valence electrons. The molecule has 0 saturated heterocycles. The van der Waals surface area contributed by atoms with Gasteiger partial charge >= 0.3 is 5.97 Å². The van der Waals surface area contributed by atoms with Crippen LogP contribution >= 0.6 is 0 Å². The van der Waals surface area contributed by atoms with E-state index < -0.39 is 34.5 Å². The second-order valence-electron chi connectivity index (χ2n) is 7.71. The Morgan fingerprint density at radius 2 is 1.84 bits per heavy atom. The van der Waals surface area contributed by atoms with Crippen LogP contribution in [0.4, 0.5) is 5.95 Å². The Hall–Kier alpha value is -3.25. The summed E-state index contributed by atoms with van der Waals surface area (Å²) in [5.74, 6) is -2.26. The summed E-state index contributed by atoms with van der Waals surface area (Å²) in [6, 6.07) is 6.49. The molecule has 0 radical (unpaired) electrons. The molecule has 1 aromatic carbocycles. The minimum atomic E-state index is -3.79. The fourth-order valence-corrected chi connectivity index (χ4v) is 4.52. The summed E-state index contributed by atoms with van der Waals surface area (Å²) in [6.07, 6.45) is 1.05. The number of hydrogen-bond acceptors (Lipinski definition) is 7. The van der Waals surface area contributed by atoms with Crippen LogP contribution in [-0.4, -0.2) is 53.7 Å². The fourth-order valence-electron chi connectivity index (χ4n) is 2.93. The first-order valence-electron chi connectivity index (χ1n) is 9.91. The molecule has 0 aliphatic rings. The first-order valence-corrected chi connectivity index (χ1v) is 11.6. The third kappa shape index (κ3) is 8.12. The minimum Gasteiger partial charge on any atom is -0.480 e. The Kier molecular flexibility index (Phi) is 8.49. The van der Waals surface area contributed by atoms with Crippen LogP contribution in [0.3, 0.4) is 0 Å². The minimum absolute atomic E-state index is 0.0469. The van der Waals surface area contributed by atoms with Crippen LogP contribution in [0.25, 0.3) is 0 Å². The van der Waals surface area contributed by atoms with Gasteiger partial charge in [0.25, 0.3) is 11.5 Å². The number of nitrogens with one attached hydrogen (secondary N) is 3. The molecule has 1 aromatic heterocycles. The number of carboxylic acid groups (broad SMARTS) is 1. The average molecular weight is 466 g/mol. The summed E-state index contributed by atoms with van der Waals surface area (Å²) in [4.78, 5) is 41.6. The van der Waals surface area contributed by atoms with E-state index in [9.17, 15) is 27.9 Å². The van der Waals surface area contributed by atoms with E-state index in [1.807, 2.05) is 0 Å². The topological polar surface area (TPSA) is 184 Å².